The van der Waals surface area contributed by atoms with Crippen LogP contribution in [-0.2, 0) is 14.3 Å². The molecule has 0 spiro atoms. The Kier molecular flexibility index (Phi) is 10.0. The molecule has 8 heteroatoms. The minimum absolute atomic E-state index is 0.128. The number of carbonyl (C=O) groups is 3. The van der Waals surface area contributed by atoms with Gasteiger partial charge in [-0.3, -0.25) is 4.79 Å². The zero-order valence-corrected chi connectivity index (χ0v) is 11.9. The van der Waals surface area contributed by atoms with Crippen molar-refractivity contribution in [1.82, 2.24) is 16.0 Å². The number of amides is 3. The lowest BCUT2D eigenvalue weighted by Gasteiger charge is -2.14. The van der Waals surface area contributed by atoms with Gasteiger partial charge >= 0.3 is 12.0 Å². The molecular weight excluding hydrogens is 266 g/mol. The van der Waals surface area contributed by atoms with Gasteiger partial charge in [0.1, 0.15) is 6.04 Å². The van der Waals surface area contributed by atoms with E-state index in [9.17, 15) is 14.4 Å². The number of hydrogen-bond acceptors (Lipinski definition) is 4. The van der Waals surface area contributed by atoms with Crippen LogP contribution in [0.2, 0.25) is 0 Å². The smallest absolute Gasteiger partial charge is 0.326 e. The topological polar surface area (TPSA) is 117 Å². The minimum atomic E-state index is -1.07. The van der Waals surface area contributed by atoms with Crippen molar-refractivity contribution >= 4 is 17.9 Å². The number of hydrogen-bond donors (Lipinski definition) is 4. The number of carboxylic acids is 1. The maximum absolute atomic E-state index is 11.4. The number of urea groups is 1. The summed E-state index contributed by atoms with van der Waals surface area (Å²) >= 11 is 0. The minimum Gasteiger partial charge on any atom is -0.480 e. The summed E-state index contributed by atoms with van der Waals surface area (Å²) in [5.41, 5.74) is 0. The van der Waals surface area contributed by atoms with Crippen molar-refractivity contribution in [2.45, 2.75) is 32.2 Å². The second kappa shape index (κ2) is 11.0. The van der Waals surface area contributed by atoms with E-state index < -0.39 is 18.0 Å². The van der Waals surface area contributed by atoms with Gasteiger partial charge in [-0.2, -0.15) is 0 Å². The van der Waals surface area contributed by atoms with Crippen molar-refractivity contribution in [2.75, 3.05) is 26.8 Å². The molecule has 0 saturated heterocycles. The fraction of sp³-hybridized carbons (Fsp3) is 0.750. The molecule has 0 radical (unpaired) electrons. The molecule has 0 aromatic carbocycles. The molecule has 0 rings (SSSR count). The summed E-state index contributed by atoms with van der Waals surface area (Å²) in [6, 6.07) is -1.49. The highest BCUT2D eigenvalue weighted by molar-refractivity contribution is 5.83. The normalized spacial score (nSPS) is 11.5. The molecule has 0 aromatic heterocycles. The van der Waals surface area contributed by atoms with Crippen LogP contribution >= 0.6 is 0 Å². The number of methoxy groups -OCH3 is 1. The van der Waals surface area contributed by atoms with Crippen LogP contribution in [0.4, 0.5) is 4.79 Å². The first kappa shape index (κ1) is 18.2. The van der Waals surface area contributed by atoms with E-state index >= 15 is 0 Å². The summed E-state index contributed by atoms with van der Waals surface area (Å²) in [6.45, 7) is 2.82. The van der Waals surface area contributed by atoms with Crippen LogP contribution in [0.1, 0.15) is 26.2 Å². The Hall–Kier alpha value is -1.83. The van der Waals surface area contributed by atoms with Crippen LogP contribution < -0.4 is 16.0 Å². The highest BCUT2D eigenvalue weighted by Gasteiger charge is 2.18. The van der Waals surface area contributed by atoms with Gasteiger partial charge in [-0.25, -0.2) is 9.59 Å². The van der Waals surface area contributed by atoms with Gasteiger partial charge in [-0.1, -0.05) is 13.3 Å². The van der Waals surface area contributed by atoms with Crippen molar-refractivity contribution in [3.63, 3.8) is 0 Å². The highest BCUT2D eigenvalue weighted by Crippen LogP contribution is 1.96. The zero-order valence-electron chi connectivity index (χ0n) is 11.9. The van der Waals surface area contributed by atoms with Crippen molar-refractivity contribution in [1.29, 1.82) is 0 Å². The zero-order chi connectivity index (χ0) is 15.4. The summed E-state index contributed by atoms with van der Waals surface area (Å²) in [5.74, 6) is -1.27. The Labute approximate surface area is 118 Å². The molecule has 116 valence electrons. The molecule has 0 aliphatic rings. The van der Waals surface area contributed by atoms with Gasteiger partial charge in [0, 0.05) is 26.6 Å². The fourth-order valence-corrected chi connectivity index (χ4v) is 1.43. The Morgan fingerprint density at radius 1 is 1.20 bits per heavy atom. The second-order valence-electron chi connectivity index (χ2n) is 4.17. The molecule has 0 bridgehead atoms. The second-order valence-corrected chi connectivity index (χ2v) is 4.17. The Balaban J connectivity index is 3.81. The molecule has 4 N–H and O–H groups in total. The van der Waals surface area contributed by atoms with Crippen LogP contribution in [-0.4, -0.2) is 55.9 Å². The summed E-state index contributed by atoms with van der Waals surface area (Å²) in [7, 11) is 1.53. The summed E-state index contributed by atoms with van der Waals surface area (Å²) in [6.07, 6.45) is 1.14. The molecule has 3 amide bonds. The van der Waals surface area contributed by atoms with Crippen molar-refractivity contribution < 1.29 is 24.2 Å². The number of ether oxygens (including phenoxy) is 1. The molecule has 20 heavy (non-hydrogen) atoms. The first-order valence-corrected chi connectivity index (χ1v) is 6.54. The third kappa shape index (κ3) is 9.15. The lowest BCUT2D eigenvalue weighted by atomic mass is 10.2. The van der Waals surface area contributed by atoms with Crippen molar-refractivity contribution in [3.8, 4) is 0 Å². The average Bonchev–Trinajstić information content (AvgIpc) is 2.38. The van der Waals surface area contributed by atoms with Crippen molar-refractivity contribution in [2.24, 2.45) is 0 Å². The average molecular weight is 289 g/mol. The Bertz CT molecular complexity index is 322. The lowest BCUT2D eigenvalue weighted by molar-refractivity contribution is -0.139. The van der Waals surface area contributed by atoms with Crippen LogP contribution in [0.15, 0.2) is 0 Å². The van der Waals surface area contributed by atoms with Crippen LogP contribution in [0, 0.1) is 0 Å². The monoisotopic (exact) mass is 289 g/mol. The third-order valence-electron chi connectivity index (χ3n) is 2.45. The number of nitrogens with one attached hydrogen (secondary N) is 3. The number of aliphatic carboxylic acids is 1. The van der Waals surface area contributed by atoms with Gasteiger partial charge in [0.05, 0.1) is 6.61 Å². The fourth-order valence-electron chi connectivity index (χ4n) is 1.43. The quantitative estimate of drug-likeness (QED) is 0.412. The van der Waals surface area contributed by atoms with E-state index in [1.165, 1.54) is 7.11 Å². The third-order valence-corrected chi connectivity index (χ3v) is 2.45. The van der Waals surface area contributed by atoms with E-state index in [0.717, 1.165) is 0 Å². The molecule has 8 nitrogen and oxygen atoms in total. The SMILES string of the molecule is CCCC(NC(=O)NCCC(=O)NCCOC)C(=O)O. The molecule has 0 aliphatic carbocycles. The molecule has 0 fully saturated rings. The van der Waals surface area contributed by atoms with Gasteiger partial charge in [0.25, 0.3) is 0 Å². The van der Waals surface area contributed by atoms with Crippen LogP contribution in [0.25, 0.3) is 0 Å². The molecule has 0 saturated carbocycles. The van der Waals surface area contributed by atoms with E-state index in [1.807, 2.05) is 6.92 Å². The maximum atomic E-state index is 11.4. The maximum Gasteiger partial charge on any atom is 0.326 e. The van der Waals surface area contributed by atoms with Gasteiger partial charge in [0.2, 0.25) is 5.91 Å². The molecule has 1 atom stereocenters. The number of rotatable bonds is 10. The molecule has 0 aromatic rings. The molecular formula is C12H23N3O5. The van der Waals surface area contributed by atoms with E-state index in [1.54, 1.807) is 0 Å². The first-order valence-electron chi connectivity index (χ1n) is 6.54. The van der Waals surface area contributed by atoms with Crippen LogP contribution in [0.3, 0.4) is 0 Å². The molecule has 0 heterocycles. The Morgan fingerprint density at radius 3 is 2.45 bits per heavy atom. The lowest BCUT2D eigenvalue weighted by Crippen LogP contribution is -2.46. The largest absolute Gasteiger partial charge is 0.480 e. The van der Waals surface area contributed by atoms with E-state index in [4.69, 9.17) is 9.84 Å². The summed E-state index contributed by atoms with van der Waals surface area (Å²) in [5, 5.41) is 16.3. The first-order chi connectivity index (χ1) is 9.51. The van der Waals surface area contributed by atoms with Gasteiger partial charge < -0.3 is 25.8 Å². The predicted octanol–water partition coefficient (Wildman–Crippen LogP) is -0.308. The molecule has 0 aliphatic heterocycles. The number of carboxylic acid groups (broad SMARTS) is 1. The Morgan fingerprint density at radius 2 is 1.90 bits per heavy atom. The van der Waals surface area contributed by atoms with E-state index in [-0.39, 0.29) is 18.9 Å². The van der Waals surface area contributed by atoms with Gasteiger partial charge in [-0.15, -0.1) is 0 Å². The van der Waals surface area contributed by atoms with Crippen LogP contribution in [0.5, 0.6) is 0 Å². The number of carbonyl (C=O) groups excluding carboxylic acids is 2. The van der Waals surface area contributed by atoms with Crippen molar-refractivity contribution in [3.05, 3.63) is 0 Å². The standard InChI is InChI=1S/C12H23N3O5/c1-3-4-9(11(17)18)15-12(19)14-6-5-10(16)13-7-8-20-2/h9H,3-8H2,1-2H3,(H,13,16)(H,17,18)(H2,14,15,19). The summed E-state index contributed by atoms with van der Waals surface area (Å²) in [4.78, 5) is 33.6. The van der Waals surface area contributed by atoms with E-state index in [0.29, 0.717) is 26.0 Å². The summed E-state index contributed by atoms with van der Waals surface area (Å²) < 4.78 is 4.77. The van der Waals surface area contributed by atoms with E-state index in [2.05, 4.69) is 16.0 Å². The predicted molar refractivity (Wildman–Crippen MR) is 72.4 cm³/mol. The molecule has 1 unspecified atom stereocenters. The van der Waals surface area contributed by atoms with Gasteiger partial charge in [0.15, 0.2) is 0 Å². The highest BCUT2D eigenvalue weighted by atomic mass is 16.5. The van der Waals surface area contributed by atoms with Gasteiger partial charge in [-0.05, 0) is 6.42 Å².